The van der Waals surface area contributed by atoms with E-state index in [2.05, 4.69) is 12.2 Å². The summed E-state index contributed by atoms with van der Waals surface area (Å²) in [6.45, 7) is 6.61. The van der Waals surface area contributed by atoms with Crippen molar-refractivity contribution in [2.45, 2.75) is 33.3 Å². The molecule has 0 fully saturated rings. The predicted molar refractivity (Wildman–Crippen MR) is 92.4 cm³/mol. The fourth-order valence-corrected chi connectivity index (χ4v) is 2.03. The van der Waals surface area contributed by atoms with Crippen molar-refractivity contribution in [2.24, 2.45) is 0 Å². The van der Waals surface area contributed by atoms with E-state index in [0.29, 0.717) is 17.9 Å². The molecule has 1 amide bonds. The molecule has 0 radical (unpaired) electrons. The number of carbonyl (C=O) groups excluding carboxylic acids is 1. The molecular formula is C19H23NO3. The number of ether oxygens (including phenoxy) is 2. The Labute approximate surface area is 137 Å². The molecule has 2 aromatic rings. The SMILES string of the molecule is CCOc1cccc(NC(=O)c2ccc(OC(C)CC)cc2)c1. The second kappa shape index (κ2) is 8.22. The first-order valence-electron chi connectivity index (χ1n) is 7.93. The van der Waals surface area contributed by atoms with Gasteiger partial charge < -0.3 is 14.8 Å². The van der Waals surface area contributed by atoms with Crippen LogP contribution < -0.4 is 14.8 Å². The van der Waals surface area contributed by atoms with Gasteiger partial charge in [-0.25, -0.2) is 0 Å². The van der Waals surface area contributed by atoms with Gasteiger partial charge in [-0.1, -0.05) is 13.0 Å². The van der Waals surface area contributed by atoms with Crippen molar-refractivity contribution in [3.63, 3.8) is 0 Å². The summed E-state index contributed by atoms with van der Waals surface area (Å²) in [5, 5.41) is 2.87. The molecule has 0 saturated heterocycles. The smallest absolute Gasteiger partial charge is 0.255 e. The summed E-state index contributed by atoms with van der Waals surface area (Å²) in [5.74, 6) is 1.35. The van der Waals surface area contributed by atoms with Gasteiger partial charge in [0.2, 0.25) is 0 Å². The molecule has 0 aliphatic heterocycles. The van der Waals surface area contributed by atoms with Gasteiger partial charge in [-0.15, -0.1) is 0 Å². The van der Waals surface area contributed by atoms with Crippen LogP contribution in [0.15, 0.2) is 48.5 Å². The van der Waals surface area contributed by atoms with Crippen molar-refractivity contribution in [1.29, 1.82) is 0 Å². The summed E-state index contributed by atoms with van der Waals surface area (Å²) < 4.78 is 11.1. The van der Waals surface area contributed by atoms with Crippen LogP contribution in [0.5, 0.6) is 11.5 Å². The number of hydrogen-bond donors (Lipinski definition) is 1. The van der Waals surface area contributed by atoms with E-state index in [9.17, 15) is 4.79 Å². The van der Waals surface area contributed by atoms with Crippen molar-refractivity contribution in [3.05, 3.63) is 54.1 Å². The Kier molecular flexibility index (Phi) is 6.03. The third kappa shape index (κ3) is 5.02. The molecule has 2 aromatic carbocycles. The van der Waals surface area contributed by atoms with Gasteiger partial charge in [0, 0.05) is 17.3 Å². The van der Waals surface area contributed by atoms with E-state index in [0.717, 1.165) is 17.9 Å². The quantitative estimate of drug-likeness (QED) is 0.818. The van der Waals surface area contributed by atoms with Crippen LogP contribution in [-0.2, 0) is 0 Å². The summed E-state index contributed by atoms with van der Waals surface area (Å²) >= 11 is 0. The second-order valence-corrected chi connectivity index (χ2v) is 5.28. The molecule has 0 heterocycles. The van der Waals surface area contributed by atoms with Crippen LogP contribution >= 0.6 is 0 Å². The molecule has 4 heteroatoms. The van der Waals surface area contributed by atoms with Crippen molar-refractivity contribution < 1.29 is 14.3 Å². The van der Waals surface area contributed by atoms with Crippen LogP contribution in [0.1, 0.15) is 37.6 Å². The van der Waals surface area contributed by atoms with E-state index in [4.69, 9.17) is 9.47 Å². The van der Waals surface area contributed by atoms with Crippen LogP contribution in [0.25, 0.3) is 0 Å². The summed E-state index contributed by atoms with van der Waals surface area (Å²) in [4.78, 5) is 12.3. The van der Waals surface area contributed by atoms with E-state index < -0.39 is 0 Å². The van der Waals surface area contributed by atoms with Crippen molar-refractivity contribution in [2.75, 3.05) is 11.9 Å². The molecular weight excluding hydrogens is 290 g/mol. The normalized spacial score (nSPS) is 11.6. The molecule has 0 saturated carbocycles. The fraction of sp³-hybridized carbons (Fsp3) is 0.316. The van der Waals surface area contributed by atoms with E-state index >= 15 is 0 Å². The molecule has 0 bridgehead atoms. The van der Waals surface area contributed by atoms with Gasteiger partial charge >= 0.3 is 0 Å². The van der Waals surface area contributed by atoms with Crippen LogP contribution in [0.2, 0.25) is 0 Å². The lowest BCUT2D eigenvalue weighted by atomic mass is 10.2. The summed E-state index contributed by atoms with van der Waals surface area (Å²) in [6.07, 6.45) is 1.11. The van der Waals surface area contributed by atoms with Gasteiger partial charge in [-0.05, 0) is 56.7 Å². The van der Waals surface area contributed by atoms with E-state index in [-0.39, 0.29) is 12.0 Å². The van der Waals surface area contributed by atoms with Crippen LogP contribution in [0.3, 0.4) is 0 Å². The zero-order chi connectivity index (χ0) is 16.7. The maximum atomic E-state index is 12.3. The highest BCUT2D eigenvalue weighted by Crippen LogP contribution is 2.19. The Morgan fingerprint density at radius 2 is 1.83 bits per heavy atom. The Hall–Kier alpha value is -2.49. The van der Waals surface area contributed by atoms with Crippen LogP contribution in [0, 0.1) is 0 Å². The summed E-state index contributed by atoms with van der Waals surface area (Å²) in [6, 6.07) is 14.5. The highest BCUT2D eigenvalue weighted by atomic mass is 16.5. The highest BCUT2D eigenvalue weighted by molar-refractivity contribution is 6.04. The standard InChI is InChI=1S/C19H23NO3/c1-4-14(3)23-17-11-9-15(10-12-17)19(21)20-16-7-6-8-18(13-16)22-5-2/h6-14H,4-5H2,1-3H3,(H,20,21). The number of carbonyl (C=O) groups is 1. The summed E-state index contributed by atoms with van der Waals surface area (Å²) in [5.41, 5.74) is 1.30. The monoisotopic (exact) mass is 313 g/mol. The van der Waals surface area contributed by atoms with Crippen molar-refractivity contribution >= 4 is 11.6 Å². The topological polar surface area (TPSA) is 47.6 Å². The minimum atomic E-state index is -0.159. The molecule has 0 aliphatic carbocycles. The first-order valence-corrected chi connectivity index (χ1v) is 7.93. The molecule has 0 aromatic heterocycles. The number of benzene rings is 2. The lowest BCUT2D eigenvalue weighted by Gasteiger charge is -2.13. The van der Waals surface area contributed by atoms with Gasteiger partial charge in [-0.2, -0.15) is 0 Å². The molecule has 1 N–H and O–H groups in total. The van der Waals surface area contributed by atoms with Crippen molar-refractivity contribution in [3.8, 4) is 11.5 Å². The first-order chi connectivity index (χ1) is 11.1. The highest BCUT2D eigenvalue weighted by Gasteiger charge is 2.08. The molecule has 23 heavy (non-hydrogen) atoms. The van der Waals surface area contributed by atoms with E-state index in [1.807, 2.05) is 50.2 Å². The number of amides is 1. The van der Waals surface area contributed by atoms with Gasteiger partial charge in [0.1, 0.15) is 11.5 Å². The van der Waals surface area contributed by atoms with Gasteiger partial charge in [0.15, 0.2) is 0 Å². The predicted octanol–water partition coefficient (Wildman–Crippen LogP) is 4.51. The van der Waals surface area contributed by atoms with Gasteiger partial charge in [0.05, 0.1) is 12.7 Å². The maximum absolute atomic E-state index is 12.3. The van der Waals surface area contributed by atoms with E-state index in [1.54, 1.807) is 12.1 Å². The minimum Gasteiger partial charge on any atom is -0.494 e. The minimum absolute atomic E-state index is 0.159. The van der Waals surface area contributed by atoms with Gasteiger partial charge in [0.25, 0.3) is 5.91 Å². The Bertz CT molecular complexity index is 637. The fourth-order valence-electron chi connectivity index (χ4n) is 2.03. The zero-order valence-electron chi connectivity index (χ0n) is 13.8. The molecule has 1 unspecified atom stereocenters. The van der Waals surface area contributed by atoms with Crippen molar-refractivity contribution in [1.82, 2.24) is 0 Å². The average molecular weight is 313 g/mol. The maximum Gasteiger partial charge on any atom is 0.255 e. The van der Waals surface area contributed by atoms with Crippen LogP contribution in [-0.4, -0.2) is 18.6 Å². The molecule has 122 valence electrons. The third-order valence-electron chi connectivity index (χ3n) is 3.43. The lowest BCUT2D eigenvalue weighted by molar-refractivity contribution is 0.102. The third-order valence-corrected chi connectivity index (χ3v) is 3.43. The van der Waals surface area contributed by atoms with Gasteiger partial charge in [-0.3, -0.25) is 4.79 Å². The molecule has 2 rings (SSSR count). The van der Waals surface area contributed by atoms with E-state index in [1.165, 1.54) is 0 Å². The Morgan fingerprint density at radius 1 is 1.09 bits per heavy atom. The number of rotatable bonds is 7. The molecule has 0 spiro atoms. The number of anilines is 1. The Morgan fingerprint density at radius 3 is 2.48 bits per heavy atom. The molecule has 4 nitrogen and oxygen atoms in total. The van der Waals surface area contributed by atoms with Crippen LogP contribution in [0.4, 0.5) is 5.69 Å². The largest absolute Gasteiger partial charge is 0.494 e. The summed E-state index contributed by atoms with van der Waals surface area (Å²) in [7, 11) is 0. The second-order valence-electron chi connectivity index (χ2n) is 5.28. The molecule has 0 aliphatic rings. The number of hydrogen-bond acceptors (Lipinski definition) is 3. The number of nitrogens with one attached hydrogen (secondary N) is 1. The Balaban J connectivity index is 2.01. The lowest BCUT2D eigenvalue weighted by Crippen LogP contribution is -2.12. The average Bonchev–Trinajstić information content (AvgIpc) is 2.56. The molecule has 1 atom stereocenters. The first kappa shape index (κ1) is 16.9. The zero-order valence-corrected chi connectivity index (χ0v) is 13.8.